The molecule has 0 aliphatic carbocycles. The van der Waals surface area contributed by atoms with Crippen LogP contribution >= 0.6 is 0 Å². The van der Waals surface area contributed by atoms with Crippen LogP contribution in [0.15, 0.2) is 58.8 Å². The number of rotatable bonds is 7. The zero-order chi connectivity index (χ0) is 23.5. The van der Waals surface area contributed by atoms with Gasteiger partial charge < -0.3 is 14.6 Å². The van der Waals surface area contributed by atoms with E-state index in [1.807, 2.05) is 69.3 Å². The van der Waals surface area contributed by atoms with Crippen molar-refractivity contribution in [3.63, 3.8) is 0 Å². The van der Waals surface area contributed by atoms with Gasteiger partial charge in [-0.15, -0.1) is 0 Å². The van der Waals surface area contributed by atoms with E-state index in [-0.39, 0.29) is 6.03 Å². The molecule has 0 saturated heterocycles. The van der Waals surface area contributed by atoms with Crippen LogP contribution in [0.2, 0.25) is 0 Å². The van der Waals surface area contributed by atoms with Crippen molar-refractivity contribution >= 4 is 11.6 Å². The first-order valence-corrected chi connectivity index (χ1v) is 11.3. The summed E-state index contributed by atoms with van der Waals surface area (Å²) in [5.41, 5.74) is 4.57. The van der Waals surface area contributed by atoms with E-state index >= 15 is 0 Å². The number of nitrogens with zero attached hydrogens (tertiary/aromatic N) is 3. The van der Waals surface area contributed by atoms with Gasteiger partial charge in [-0.05, 0) is 44.4 Å². The fourth-order valence-electron chi connectivity index (χ4n) is 3.97. The van der Waals surface area contributed by atoms with Crippen molar-refractivity contribution < 1.29 is 14.1 Å². The van der Waals surface area contributed by atoms with E-state index in [1.165, 1.54) is 0 Å². The number of aryl methyl sites for hydroxylation is 1. The Morgan fingerprint density at radius 1 is 1.09 bits per heavy atom. The molecule has 1 aromatic heterocycles. The second-order valence-electron chi connectivity index (χ2n) is 8.68. The molecule has 0 radical (unpaired) electrons. The third-order valence-electron chi connectivity index (χ3n) is 5.63. The van der Waals surface area contributed by atoms with Gasteiger partial charge in [-0.2, -0.15) is 4.98 Å². The van der Waals surface area contributed by atoms with Crippen LogP contribution in [0.1, 0.15) is 50.8 Å². The van der Waals surface area contributed by atoms with Gasteiger partial charge in [-0.25, -0.2) is 4.79 Å². The Bertz CT molecular complexity index is 1150. The van der Waals surface area contributed by atoms with Crippen LogP contribution in [0, 0.1) is 12.8 Å². The van der Waals surface area contributed by atoms with Gasteiger partial charge in [0.1, 0.15) is 5.75 Å². The fraction of sp³-hybridized carbons (Fsp3) is 0.346. The summed E-state index contributed by atoms with van der Waals surface area (Å²) in [4.78, 5) is 19.5. The van der Waals surface area contributed by atoms with Gasteiger partial charge >= 0.3 is 6.03 Å². The van der Waals surface area contributed by atoms with Crippen LogP contribution in [0.5, 0.6) is 5.75 Å². The van der Waals surface area contributed by atoms with Crippen molar-refractivity contribution in [1.82, 2.24) is 20.4 Å². The highest BCUT2D eigenvalue weighted by atomic mass is 16.5. The standard InChI is InChI=1S/C26H30N4O3/c1-6-32-21-13-11-19(12-14-21)23-22(18(5)30(15-16(2)3)26(31)27-23)25-28-24(29-33-25)20-9-7-17(4)8-10-20/h7-14,16,23H,6,15H2,1-5H3,(H,27,31). The summed E-state index contributed by atoms with van der Waals surface area (Å²) in [6.07, 6.45) is 0. The summed E-state index contributed by atoms with van der Waals surface area (Å²) in [6, 6.07) is 15.2. The molecule has 2 heterocycles. The summed E-state index contributed by atoms with van der Waals surface area (Å²) in [6.45, 7) is 11.3. The summed E-state index contributed by atoms with van der Waals surface area (Å²) < 4.78 is 11.3. The van der Waals surface area contributed by atoms with Crippen molar-refractivity contribution in [2.75, 3.05) is 13.2 Å². The van der Waals surface area contributed by atoms with Crippen molar-refractivity contribution in [2.45, 2.75) is 40.7 Å². The highest BCUT2D eigenvalue weighted by molar-refractivity contribution is 5.86. The highest BCUT2D eigenvalue weighted by Crippen LogP contribution is 2.38. The molecule has 2 amide bonds. The SMILES string of the molecule is CCOc1ccc(C2NC(=O)N(CC(C)C)C(C)=C2c2nc(-c3ccc(C)cc3)no2)cc1. The lowest BCUT2D eigenvalue weighted by Gasteiger charge is -2.36. The van der Waals surface area contributed by atoms with E-state index in [2.05, 4.69) is 24.3 Å². The van der Waals surface area contributed by atoms with Gasteiger partial charge in [0.2, 0.25) is 5.82 Å². The quantitative estimate of drug-likeness (QED) is 0.511. The summed E-state index contributed by atoms with van der Waals surface area (Å²) >= 11 is 0. The molecule has 1 atom stereocenters. The van der Waals surface area contributed by atoms with E-state index in [9.17, 15) is 4.79 Å². The topological polar surface area (TPSA) is 80.5 Å². The van der Waals surface area contributed by atoms with Crippen LogP contribution < -0.4 is 10.1 Å². The number of amides is 2. The molecule has 2 aromatic carbocycles. The first kappa shape index (κ1) is 22.6. The second-order valence-corrected chi connectivity index (χ2v) is 8.68. The van der Waals surface area contributed by atoms with E-state index < -0.39 is 6.04 Å². The van der Waals surface area contributed by atoms with E-state index in [0.717, 1.165) is 33.7 Å². The molecular formula is C26H30N4O3. The maximum atomic E-state index is 13.0. The molecule has 4 rings (SSSR count). The van der Waals surface area contributed by atoms with Crippen LogP contribution in [-0.2, 0) is 0 Å². The molecule has 7 nitrogen and oxygen atoms in total. The Balaban J connectivity index is 1.77. The molecule has 0 bridgehead atoms. The van der Waals surface area contributed by atoms with Crippen LogP contribution in [0.3, 0.4) is 0 Å². The molecule has 7 heteroatoms. The summed E-state index contributed by atoms with van der Waals surface area (Å²) in [5.74, 6) is 2.00. The zero-order valence-corrected chi connectivity index (χ0v) is 19.8. The zero-order valence-electron chi connectivity index (χ0n) is 19.8. The molecule has 0 spiro atoms. The van der Waals surface area contributed by atoms with Crippen LogP contribution in [0.25, 0.3) is 17.0 Å². The first-order chi connectivity index (χ1) is 15.9. The van der Waals surface area contributed by atoms with Crippen molar-refractivity contribution in [1.29, 1.82) is 0 Å². The average molecular weight is 447 g/mol. The second kappa shape index (κ2) is 9.48. The van der Waals surface area contributed by atoms with Gasteiger partial charge in [0.25, 0.3) is 5.89 Å². The Kier molecular flexibility index (Phi) is 6.49. The number of carbonyl (C=O) groups excluding carboxylic acids is 1. The lowest BCUT2D eigenvalue weighted by Crippen LogP contribution is -2.47. The Hall–Kier alpha value is -3.61. The van der Waals surface area contributed by atoms with Gasteiger partial charge in [0.05, 0.1) is 18.2 Å². The summed E-state index contributed by atoms with van der Waals surface area (Å²) in [5, 5.41) is 7.36. The number of aromatic nitrogens is 2. The van der Waals surface area contributed by atoms with Gasteiger partial charge in [0, 0.05) is 17.8 Å². The molecule has 1 aliphatic rings. The monoisotopic (exact) mass is 446 g/mol. The molecule has 0 fully saturated rings. The van der Waals surface area contributed by atoms with E-state index in [0.29, 0.717) is 30.8 Å². The molecule has 172 valence electrons. The smallest absolute Gasteiger partial charge is 0.322 e. The molecule has 1 unspecified atom stereocenters. The van der Waals surface area contributed by atoms with E-state index in [1.54, 1.807) is 4.90 Å². The van der Waals surface area contributed by atoms with Crippen molar-refractivity contribution in [3.8, 4) is 17.1 Å². The lowest BCUT2D eigenvalue weighted by atomic mass is 9.94. The maximum Gasteiger partial charge on any atom is 0.322 e. The molecule has 0 saturated carbocycles. The summed E-state index contributed by atoms with van der Waals surface area (Å²) in [7, 11) is 0. The maximum absolute atomic E-state index is 13.0. The van der Waals surface area contributed by atoms with Crippen LogP contribution in [0.4, 0.5) is 4.79 Å². The number of hydrogen-bond acceptors (Lipinski definition) is 5. The Morgan fingerprint density at radius 3 is 2.42 bits per heavy atom. The number of benzene rings is 2. The third kappa shape index (κ3) is 4.77. The van der Waals surface area contributed by atoms with E-state index in [4.69, 9.17) is 14.2 Å². The first-order valence-electron chi connectivity index (χ1n) is 11.3. The van der Waals surface area contributed by atoms with Crippen molar-refractivity contribution in [2.24, 2.45) is 5.92 Å². The number of ether oxygens (including phenoxy) is 1. The van der Waals surface area contributed by atoms with Gasteiger partial charge in [-0.3, -0.25) is 4.90 Å². The molecule has 1 N–H and O–H groups in total. The minimum Gasteiger partial charge on any atom is -0.494 e. The average Bonchev–Trinajstić information content (AvgIpc) is 3.27. The largest absolute Gasteiger partial charge is 0.494 e. The highest BCUT2D eigenvalue weighted by Gasteiger charge is 2.36. The number of hydrogen-bond donors (Lipinski definition) is 1. The Morgan fingerprint density at radius 2 is 1.79 bits per heavy atom. The van der Waals surface area contributed by atoms with Gasteiger partial charge in [0.15, 0.2) is 0 Å². The minimum absolute atomic E-state index is 0.137. The molecule has 3 aromatic rings. The fourth-order valence-corrected chi connectivity index (χ4v) is 3.97. The predicted octanol–water partition coefficient (Wildman–Crippen LogP) is 5.60. The van der Waals surface area contributed by atoms with Crippen molar-refractivity contribution in [3.05, 3.63) is 71.2 Å². The molecule has 1 aliphatic heterocycles. The third-order valence-corrected chi connectivity index (χ3v) is 5.63. The number of carbonyl (C=O) groups is 1. The normalized spacial score (nSPS) is 16.4. The predicted molar refractivity (Wildman–Crippen MR) is 127 cm³/mol. The van der Waals surface area contributed by atoms with Gasteiger partial charge in [-0.1, -0.05) is 61.0 Å². The number of allylic oxidation sites excluding steroid dienone is 1. The Labute approximate surface area is 194 Å². The van der Waals surface area contributed by atoms with Crippen LogP contribution in [-0.4, -0.2) is 34.2 Å². The molecular weight excluding hydrogens is 416 g/mol. The molecule has 33 heavy (non-hydrogen) atoms. The lowest BCUT2D eigenvalue weighted by molar-refractivity contribution is 0.199. The minimum atomic E-state index is -0.414. The number of nitrogens with one attached hydrogen (secondary N) is 1. The number of urea groups is 1.